The van der Waals surface area contributed by atoms with Gasteiger partial charge < -0.3 is 0 Å². The second-order valence-electron chi connectivity index (χ2n) is 8.14. The average Bonchev–Trinajstić information content (AvgIpc) is 2.90. The van der Waals surface area contributed by atoms with Gasteiger partial charge >= 0.3 is 0 Å². The molecule has 0 aliphatic carbocycles. The van der Waals surface area contributed by atoms with Gasteiger partial charge in [0.1, 0.15) is 0 Å². The average molecular weight is 460 g/mol. The molecule has 0 radical (unpaired) electrons. The molecular weight excluding hydrogens is 440 g/mol. The Morgan fingerprint density at radius 1 is 0.771 bits per heavy atom. The van der Waals surface area contributed by atoms with E-state index in [1.807, 2.05) is 54.6 Å². The molecule has 5 aromatic rings. The number of nitrogens with zero attached hydrogens (tertiary/aromatic N) is 2. The summed E-state index contributed by atoms with van der Waals surface area (Å²) in [6.07, 6.45) is 0.325. The normalized spacial score (nSPS) is 10.9. The summed E-state index contributed by atoms with van der Waals surface area (Å²) in [5, 5.41) is 12.0. The quantitative estimate of drug-likeness (QED) is 0.184. The Balaban J connectivity index is 1.92. The van der Waals surface area contributed by atoms with Crippen molar-refractivity contribution < 1.29 is 9.72 Å². The van der Waals surface area contributed by atoms with Gasteiger partial charge in [0.15, 0.2) is 5.78 Å². The third-order valence-electron chi connectivity index (χ3n) is 5.97. The molecule has 0 saturated carbocycles. The molecule has 170 valence electrons. The van der Waals surface area contributed by atoms with Gasteiger partial charge in [-0.05, 0) is 23.8 Å². The Labute approximate surface area is 200 Å². The molecular formula is C29H20N2O4. The van der Waals surface area contributed by atoms with Crippen LogP contribution in [0.5, 0.6) is 0 Å². The fourth-order valence-corrected chi connectivity index (χ4v) is 4.35. The first-order valence-electron chi connectivity index (χ1n) is 11.1. The summed E-state index contributed by atoms with van der Waals surface area (Å²) < 4.78 is 1.51. The van der Waals surface area contributed by atoms with Crippen LogP contribution >= 0.6 is 0 Å². The maximum absolute atomic E-state index is 13.9. The Hall–Kier alpha value is -4.84. The highest BCUT2D eigenvalue weighted by Crippen LogP contribution is 2.29. The summed E-state index contributed by atoms with van der Waals surface area (Å²) in [6, 6.07) is 31.6. The van der Waals surface area contributed by atoms with E-state index in [0.29, 0.717) is 34.3 Å². The number of carbonyl (C=O) groups is 1. The number of nitro groups is 1. The Morgan fingerprint density at radius 2 is 1.37 bits per heavy atom. The predicted molar refractivity (Wildman–Crippen MR) is 135 cm³/mol. The van der Waals surface area contributed by atoms with Gasteiger partial charge in [0.2, 0.25) is 0 Å². The Bertz CT molecular complexity index is 1610. The largest absolute Gasteiger partial charge is 0.289 e. The van der Waals surface area contributed by atoms with E-state index in [4.69, 9.17) is 0 Å². The lowest BCUT2D eigenvalue weighted by Gasteiger charge is -2.20. The van der Waals surface area contributed by atoms with Gasteiger partial charge in [-0.25, -0.2) is 0 Å². The molecule has 0 bridgehead atoms. The van der Waals surface area contributed by atoms with Crippen molar-refractivity contribution in [2.45, 2.75) is 6.42 Å². The van der Waals surface area contributed by atoms with Crippen molar-refractivity contribution in [2.75, 3.05) is 0 Å². The SMILES string of the molecule is O=C(c1ccccc1)c1c(Cc2ccccc2)n(-c2ccccc2)c(=O)c2cc([N+](=O)[O-])ccc12. The maximum Gasteiger partial charge on any atom is 0.270 e. The maximum atomic E-state index is 13.9. The molecule has 0 amide bonds. The molecule has 0 aliphatic rings. The van der Waals surface area contributed by atoms with Crippen molar-refractivity contribution in [3.63, 3.8) is 0 Å². The van der Waals surface area contributed by atoms with Gasteiger partial charge in [0.05, 0.1) is 15.9 Å². The van der Waals surface area contributed by atoms with Crippen LogP contribution in [0.15, 0.2) is 114 Å². The zero-order valence-electron chi connectivity index (χ0n) is 18.6. The summed E-state index contributed by atoms with van der Waals surface area (Å²) in [5.74, 6) is -0.250. The molecule has 6 heteroatoms. The topological polar surface area (TPSA) is 82.2 Å². The van der Waals surface area contributed by atoms with Crippen molar-refractivity contribution in [3.05, 3.63) is 152 Å². The highest BCUT2D eigenvalue weighted by molar-refractivity contribution is 6.17. The predicted octanol–water partition coefficient (Wildman–Crippen LogP) is 5.72. The number of hydrogen-bond donors (Lipinski definition) is 0. The summed E-state index contributed by atoms with van der Waals surface area (Å²) in [4.78, 5) is 38.7. The minimum absolute atomic E-state index is 0.124. The third-order valence-corrected chi connectivity index (χ3v) is 5.97. The number of benzene rings is 4. The van der Waals surface area contributed by atoms with E-state index in [1.165, 1.54) is 22.8 Å². The lowest BCUT2D eigenvalue weighted by molar-refractivity contribution is -0.384. The second kappa shape index (κ2) is 9.19. The zero-order valence-corrected chi connectivity index (χ0v) is 18.6. The van der Waals surface area contributed by atoms with Crippen LogP contribution in [-0.4, -0.2) is 15.3 Å². The number of aromatic nitrogens is 1. The number of rotatable bonds is 6. The van der Waals surface area contributed by atoms with E-state index < -0.39 is 10.5 Å². The van der Waals surface area contributed by atoms with Gasteiger partial charge in [0, 0.05) is 40.9 Å². The van der Waals surface area contributed by atoms with Crippen LogP contribution < -0.4 is 5.56 Å². The molecule has 1 heterocycles. The molecule has 0 N–H and O–H groups in total. The van der Waals surface area contributed by atoms with Crippen LogP contribution in [0.1, 0.15) is 27.2 Å². The van der Waals surface area contributed by atoms with Crippen molar-refractivity contribution in [3.8, 4) is 5.69 Å². The van der Waals surface area contributed by atoms with Crippen molar-refractivity contribution in [1.82, 2.24) is 4.57 Å². The fraction of sp³-hybridized carbons (Fsp3) is 0.0345. The monoisotopic (exact) mass is 460 g/mol. The number of carbonyl (C=O) groups excluding carboxylic acids is 1. The van der Waals surface area contributed by atoms with Crippen LogP contribution in [0.25, 0.3) is 16.5 Å². The molecule has 0 spiro atoms. The third kappa shape index (κ3) is 4.13. The Kier molecular flexibility index (Phi) is 5.77. The van der Waals surface area contributed by atoms with E-state index in [0.717, 1.165) is 5.56 Å². The van der Waals surface area contributed by atoms with E-state index in [-0.39, 0.29) is 16.9 Å². The standard InChI is InChI=1S/C29H20N2O4/c32-28(21-12-6-2-7-13-21)27-24-17-16-23(31(34)35)19-25(24)29(33)30(22-14-8-3-9-15-22)26(27)18-20-10-4-1-5-11-20/h1-17,19H,18H2. The van der Waals surface area contributed by atoms with Gasteiger partial charge in [-0.2, -0.15) is 0 Å². The molecule has 0 fully saturated rings. The molecule has 0 atom stereocenters. The molecule has 4 aromatic carbocycles. The lowest BCUT2D eigenvalue weighted by atomic mass is 9.92. The summed E-state index contributed by atoms with van der Waals surface area (Å²) >= 11 is 0. The molecule has 0 saturated heterocycles. The summed E-state index contributed by atoms with van der Waals surface area (Å²) in [6.45, 7) is 0. The number of hydrogen-bond acceptors (Lipinski definition) is 4. The van der Waals surface area contributed by atoms with Gasteiger partial charge in [-0.3, -0.25) is 24.3 Å². The minimum Gasteiger partial charge on any atom is -0.289 e. The fourth-order valence-electron chi connectivity index (χ4n) is 4.35. The number of non-ortho nitro benzene ring substituents is 1. The highest BCUT2D eigenvalue weighted by Gasteiger charge is 2.25. The second-order valence-corrected chi connectivity index (χ2v) is 8.14. The van der Waals surface area contributed by atoms with Crippen LogP contribution in [0, 0.1) is 10.1 Å². The van der Waals surface area contributed by atoms with E-state index >= 15 is 0 Å². The van der Waals surface area contributed by atoms with E-state index in [2.05, 4.69) is 0 Å². The van der Waals surface area contributed by atoms with Gasteiger partial charge in [-0.15, -0.1) is 0 Å². The summed E-state index contributed by atoms with van der Waals surface area (Å²) in [7, 11) is 0. The van der Waals surface area contributed by atoms with Crippen molar-refractivity contribution in [2.24, 2.45) is 0 Å². The molecule has 5 rings (SSSR count). The first kappa shape index (κ1) is 22.0. The molecule has 0 unspecified atom stereocenters. The van der Waals surface area contributed by atoms with Crippen LogP contribution in [-0.2, 0) is 6.42 Å². The zero-order chi connectivity index (χ0) is 24.4. The van der Waals surface area contributed by atoms with Gasteiger partial charge in [-0.1, -0.05) is 78.9 Å². The number of fused-ring (bicyclic) bond motifs is 1. The van der Waals surface area contributed by atoms with Crippen molar-refractivity contribution in [1.29, 1.82) is 0 Å². The lowest BCUT2D eigenvalue weighted by Crippen LogP contribution is -2.26. The molecule has 35 heavy (non-hydrogen) atoms. The van der Waals surface area contributed by atoms with E-state index in [1.54, 1.807) is 36.4 Å². The first-order chi connectivity index (χ1) is 17.0. The summed E-state index contributed by atoms with van der Waals surface area (Å²) in [5.41, 5.74) is 2.25. The first-order valence-corrected chi connectivity index (χ1v) is 11.1. The van der Waals surface area contributed by atoms with Gasteiger partial charge in [0.25, 0.3) is 11.2 Å². The number of para-hydroxylation sites is 1. The highest BCUT2D eigenvalue weighted by atomic mass is 16.6. The molecule has 1 aromatic heterocycles. The smallest absolute Gasteiger partial charge is 0.270 e. The van der Waals surface area contributed by atoms with Crippen molar-refractivity contribution >= 4 is 22.2 Å². The Morgan fingerprint density at radius 3 is 2.00 bits per heavy atom. The number of ketones is 1. The van der Waals surface area contributed by atoms with Crippen LogP contribution in [0.2, 0.25) is 0 Å². The van der Waals surface area contributed by atoms with Crippen LogP contribution in [0.3, 0.4) is 0 Å². The number of nitro benzene ring substituents is 1. The molecule has 0 aliphatic heterocycles. The van der Waals surface area contributed by atoms with E-state index in [9.17, 15) is 19.7 Å². The number of pyridine rings is 1. The molecule has 6 nitrogen and oxygen atoms in total. The van der Waals surface area contributed by atoms with Crippen LogP contribution in [0.4, 0.5) is 5.69 Å². The minimum atomic E-state index is -0.539.